The number of benzene rings is 1. The van der Waals surface area contributed by atoms with Crippen LogP contribution in [-0.4, -0.2) is 28.7 Å². The molecule has 2 atom stereocenters. The lowest BCUT2D eigenvalue weighted by molar-refractivity contribution is -0.137. The average molecular weight is 405 g/mol. The zero-order valence-electron chi connectivity index (χ0n) is 13.4. The third kappa shape index (κ3) is 3.94. The van der Waals surface area contributed by atoms with Gasteiger partial charge in [-0.15, -0.1) is 0 Å². The van der Waals surface area contributed by atoms with Crippen LogP contribution in [0.25, 0.3) is 0 Å². The maximum atomic E-state index is 12.7. The highest BCUT2D eigenvalue weighted by atomic mass is 79.9. The molecule has 2 aliphatic heterocycles. The number of likely N-dealkylation sites (tertiary alicyclic amines) is 1. The summed E-state index contributed by atoms with van der Waals surface area (Å²) in [6, 6.07) is 5.62. The second kappa shape index (κ2) is 7.04. The Kier molecular flexibility index (Phi) is 5.20. The molecule has 24 heavy (non-hydrogen) atoms. The van der Waals surface area contributed by atoms with Crippen molar-refractivity contribution in [2.75, 3.05) is 13.1 Å². The van der Waals surface area contributed by atoms with Gasteiger partial charge in [-0.2, -0.15) is 13.2 Å². The summed E-state index contributed by atoms with van der Waals surface area (Å²) >= 11 is 3.37. The summed E-state index contributed by atoms with van der Waals surface area (Å²) in [5.74, 6) is 0.486. The van der Waals surface area contributed by atoms with Gasteiger partial charge in [0.15, 0.2) is 0 Å². The number of oxime groups is 1. The molecule has 132 valence electrons. The van der Waals surface area contributed by atoms with Crippen LogP contribution >= 0.6 is 15.9 Å². The van der Waals surface area contributed by atoms with Crippen LogP contribution in [0.15, 0.2) is 29.4 Å². The molecule has 3 nitrogen and oxygen atoms in total. The van der Waals surface area contributed by atoms with Crippen molar-refractivity contribution in [1.82, 2.24) is 4.90 Å². The number of hydrogen-bond donors (Lipinski definition) is 0. The van der Waals surface area contributed by atoms with E-state index in [1.807, 2.05) is 0 Å². The molecule has 1 aromatic carbocycles. The molecular weight excluding hydrogens is 385 g/mol. The fraction of sp³-hybridized carbons (Fsp3) is 0.588. The summed E-state index contributed by atoms with van der Waals surface area (Å²) in [4.78, 5) is 7.77. The summed E-state index contributed by atoms with van der Waals surface area (Å²) in [5.41, 5.74) is 0.325. The van der Waals surface area contributed by atoms with Crippen molar-refractivity contribution in [3.05, 3.63) is 35.4 Å². The minimum Gasteiger partial charge on any atom is -0.391 e. The summed E-state index contributed by atoms with van der Waals surface area (Å²) in [6.07, 6.45) is -1.25. The number of halogens is 4. The van der Waals surface area contributed by atoms with E-state index in [-0.39, 0.29) is 12.1 Å². The zero-order valence-corrected chi connectivity index (χ0v) is 15.0. The smallest absolute Gasteiger partial charge is 0.391 e. The van der Waals surface area contributed by atoms with Crippen molar-refractivity contribution in [2.24, 2.45) is 11.1 Å². The monoisotopic (exact) mass is 404 g/mol. The lowest BCUT2D eigenvalue weighted by Gasteiger charge is -2.37. The van der Waals surface area contributed by atoms with Gasteiger partial charge < -0.3 is 4.84 Å². The topological polar surface area (TPSA) is 24.8 Å². The van der Waals surface area contributed by atoms with Gasteiger partial charge in [0.05, 0.1) is 5.56 Å². The molecular formula is C17H20BrF3N2O. The third-order valence-corrected chi connectivity index (χ3v) is 5.49. The van der Waals surface area contributed by atoms with Gasteiger partial charge in [0.2, 0.25) is 0 Å². The molecule has 1 aromatic rings. The molecule has 0 N–H and O–H groups in total. The van der Waals surface area contributed by atoms with Gasteiger partial charge in [0, 0.05) is 18.4 Å². The Labute approximate surface area is 148 Å². The van der Waals surface area contributed by atoms with Crippen LogP contribution in [0.1, 0.15) is 43.4 Å². The minimum atomic E-state index is -4.28. The molecule has 0 aromatic heterocycles. The summed E-state index contributed by atoms with van der Waals surface area (Å²) in [5, 5.41) is 3.95. The highest BCUT2D eigenvalue weighted by Gasteiger charge is 2.33. The standard InChI is InChI=1S/C17H20BrF3N2O/c1-11(12-2-4-14(5-3-12)17(19,20)21)23-8-6-13(7-9-23)15-10-16(18)22-24-15/h2-5,11,13,15H,6-10H2,1H3/t11-,15+/m1/s1. The van der Waals surface area contributed by atoms with Crippen LogP contribution < -0.4 is 0 Å². The molecule has 0 radical (unpaired) electrons. The number of alkyl halides is 3. The Balaban J connectivity index is 1.56. The molecule has 0 amide bonds. The molecule has 7 heteroatoms. The summed E-state index contributed by atoms with van der Waals surface area (Å²) < 4.78 is 38.8. The van der Waals surface area contributed by atoms with E-state index < -0.39 is 11.7 Å². The molecule has 3 rings (SSSR count). The fourth-order valence-corrected chi connectivity index (χ4v) is 3.86. The molecule has 0 aliphatic carbocycles. The Hall–Kier alpha value is -1.08. The van der Waals surface area contributed by atoms with E-state index in [0.29, 0.717) is 5.92 Å². The Bertz CT molecular complexity index is 595. The lowest BCUT2D eigenvalue weighted by Crippen LogP contribution is -2.39. The normalized spacial score (nSPS) is 24.5. The van der Waals surface area contributed by atoms with E-state index in [0.717, 1.165) is 42.5 Å². The summed E-state index contributed by atoms with van der Waals surface area (Å²) in [6.45, 7) is 3.89. The van der Waals surface area contributed by atoms with Crippen LogP contribution in [0.2, 0.25) is 0 Å². The molecule has 1 saturated heterocycles. The van der Waals surface area contributed by atoms with Gasteiger partial charge >= 0.3 is 6.18 Å². The first-order valence-electron chi connectivity index (χ1n) is 8.14. The SMILES string of the molecule is C[C@H](c1ccc(C(F)(F)F)cc1)N1CCC([C@@H]2CC(Br)=NO2)CC1. The number of piperidine rings is 1. The first kappa shape index (κ1) is 17.7. The zero-order chi connectivity index (χ0) is 17.3. The number of nitrogens with zero attached hydrogens (tertiary/aromatic N) is 2. The number of hydrogen-bond acceptors (Lipinski definition) is 3. The maximum absolute atomic E-state index is 12.7. The van der Waals surface area contributed by atoms with E-state index in [4.69, 9.17) is 4.84 Å². The Morgan fingerprint density at radius 3 is 2.33 bits per heavy atom. The Morgan fingerprint density at radius 2 is 1.83 bits per heavy atom. The fourth-order valence-electron chi connectivity index (χ4n) is 3.46. The number of rotatable bonds is 3. The molecule has 0 spiro atoms. The average Bonchev–Trinajstić information content (AvgIpc) is 3.00. The third-order valence-electron chi connectivity index (χ3n) is 5.02. The van der Waals surface area contributed by atoms with E-state index in [2.05, 4.69) is 32.9 Å². The minimum absolute atomic E-state index is 0.112. The molecule has 0 bridgehead atoms. The van der Waals surface area contributed by atoms with Crippen molar-refractivity contribution in [1.29, 1.82) is 0 Å². The van der Waals surface area contributed by atoms with Gasteiger partial charge in [0.1, 0.15) is 10.7 Å². The second-order valence-corrected chi connectivity index (χ2v) is 7.40. The van der Waals surface area contributed by atoms with E-state index in [1.54, 1.807) is 12.1 Å². The van der Waals surface area contributed by atoms with E-state index >= 15 is 0 Å². The van der Waals surface area contributed by atoms with Crippen molar-refractivity contribution >= 4 is 20.6 Å². The van der Waals surface area contributed by atoms with Gasteiger partial charge in [-0.3, -0.25) is 4.90 Å². The molecule has 2 heterocycles. The second-order valence-electron chi connectivity index (χ2n) is 6.48. The van der Waals surface area contributed by atoms with Crippen molar-refractivity contribution in [3.8, 4) is 0 Å². The van der Waals surface area contributed by atoms with Crippen molar-refractivity contribution in [3.63, 3.8) is 0 Å². The van der Waals surface area contributed by atoms with Gasteiger partial charge in [-0.1, -0.05) is 17.3 Å². The molecule has 0 saturated carbocycles. The van der Waals surface area contributed by atoms with E-state index in [9.17, 15) is 13.2 Å². The van der Waals surface area contributed by atoms with Crippen molar-refractivity contribution in [2.45, 2.75) is 44.5 Å². The quantitative estimate of drug-likeness (QED) is 0.709. The molecule has 0 unspecified atom stereocenters. The van der Waals surface area contributed by atoms with Gasteiger partial charge in [-0.25, -0.2) is 0 Å². The maximum Gasteiger partial charge on any atom is 0.416 e. The van der Waals surface area contributed by atoms with Crippen molar-refractivity contribution < 1.29 is 18.0 Å². The predicted molar refractivity (Wildman–Crippen MR) is 90.0 cm³/mol. The van der Waals surface area contributed by atoms with Crippen LogP contribution in [0.4, 0.5) is 13.2 Å². The Morgan fingerprint density at radius 1 is 1.21 bits per heavy atom. The lowest BCUT2D eigenvalue weighted by atomic mass is 9.89. The molecule has 2 aliphatic rings. The largest absolute Gasteiger partial charge is 0.416 e. The van der Waals surface area contributed by atoms with Crippen LogP contribution in [0.3, 0.4) is 0 Å². The highest BCUT2D eigenvalue weighted by molar-refractivity contribution is 9.18. The van der Waals surface area contributed by atoms with E-state index in [1.165, 1.54) is 12.1 Å². The van der Waals surface area contributed by atoms with Crippen LogP contribution in [0, 0.1) is 5.92 Å². The predicted octanol–water partition coefficient (Wildman–Crippen LogP) is 4.98. The summed E-state index contributed by atoms with van der Waals surface area (Å²) in [7, 11) is 0. The van der Waals surface area contributed by atoms with Gasteiger partial charge in [0.25, 0.3) is 0 Å². The first-order valence-corrected chi connectivity index (χ1v) is 8.93. The highest BCUT2D eigenvalue weighted by Crippen LogP contribution is 2.34. The molecule has 1 fully saturated rings. The first-order chi connectivity index (χ1) is 11.3. The van der Waals surface area contributed by atoms with Gasteiger partial charge in [-0.05, 0) is 66.5 Å². The van der Waals surface area contributed by atoms with Crippen LogP contribution in [0.5, 0.6) is 0 Å². The van der Waals surface area contributed by atoms with Crippen LogP contribution in [-0.2, 0) is 11.0 Å².